The number of rotatable bonds is 7. The van der Waals surface area contributed by atoms with E-state index >= 15 is 0 Å². The van der Waals surface area contributed by atoms with Gasteiger partial charge in [0.25, 0.3) is 0 Å². The molecule has 0 fully saturated rings. The highest BCUT2D eigenvalue weighted by atomic mass is 32.1. The molecule has 7 heteroatoms. The average molecular weight is 420 g/mol. The second kappa shape index (κ2) is 8.92. The Hall–Kier alpha value is -3.45. The Morgan fingerprint density at radius 2 is 1.67 bits per heavy atom. The van der Waals surface area contributed by atoms with Crippen molar-refractivity contribution in [3.05, 3.63) is 76.8 Å². The number of ether oxygens (including phenoxy) is 2. The van der Waals surface area contributed by atoms with E-state index in [4.69, 9.17) is 9.47 Å². The van der Waals surface area contributed by atoms with E-state index in [9.17, 15) is 4.79 Å². The minimum absolute atomic E-state index is 0.112. The first-order valence-electron chi connectivity index (χ1n) is 9.45. The summed E-state index contributed by atoms with van der Waals surface area (Å²) in [6.07, 6.45) is 0.883. The van der Waals surface area contributed by atoms with Crippen LogP contribution in [0.2, 0.25) is 0 Å². The Bertz CT molecular complexity index is 1190. The molecule has 1 heterocycles. The zero-order valence-corrected chi connectivity index (χ0v) is 17.5. The van der Waals surface area contributed by atoms with Crippen LogP contribution in [0.1, 0.15) is 16.1 Å². The summed E-state index contributed by atoms with van der Waals surface area (Å²) in [5, 5.41) is 14.7. The van der Waals surface area contributed by atoms with Gasteiger partial charge in [0.05, 0.1) is 20.6 Å². The van der Waals surface area contributed by atoms with Crippen molar-refractivity contribution in [1.82, 2.24) is 10.2 Å². The van der Waals surface area contributed by atoms with Crippen molar-refractivity contribution in [3.63, 3.8) is 0 Å². The van der Waals surface area contributed by atoms with Gasteiger partial charge in [-0.3, -0.25) is 4.79 Å². The second-order valence-corrected chi connectivity index (χ2v) is 7.84. The smallest absolute Gasteiger partial charge is 0.230 e. The van der Waals surface area contributed by atoms with E-state index in [2.05, 4.69) is 21.6 Å². The third-order valence-electron chi connectivity index (χ3n) is 4.70. The molecule has 0 unspecified atom stereocenters. The van der Waals surface area contributed by atoms with Gasteiger partial charge in [-0.2, -0.15) is 0 Å². The molecule has 152 valence electrons. The molecule has 4 aromatic rings. The lowest BCUT2D eigenvalue weighted by Crippen LogP contribution is -2.14. The van der Waals surface area contributed by atoms with Crippen molar-refractivity contribution in [3.8, 4) is 11.5 Å². The summed E-state index contributed by atoms with van der Waals surface area (Å²) in [5.74, 6) is 1.24. The molecule has 1 N–H and O–H groups in total. The zero-order valence-electron chi connectivity index (χ0n) is 16.7. The van der Waals surface area contributed by atoms with Gasteiger partial charge in [0.1, 0.15) is 5.01 Å². The summed E-state index contributed by atoms with van der Waals surface area (Å²) in [4.78, 5) is 12.4. The molecular formula is C23H21N3O3S. The van der Waals surface area contributed by atoms with Crippen LogP contribution >= 0.6 is 11.3 Å². The van der Waals surface area contributed by atoms with Crippen LogP contribution in [0, 0.1) is 0 Å². The van der Waals surface area contributed by atoms with Crippen molar-refractivity contribution < 1.29 is 14.3 Å². The number of aromatic nitrogens is 2. The predicted octanol–water partition coefficient (Wildman–Crippen LogP) is 4.48. The lowest BCUT2D eigenvalue weighted by molar-refractivity contribution is -0.115. The van der Waals surface area contributed by atoms with Crippen LogP contribution in [0.5, 0.6) is 11.5 Å². The number of benzene rings is 3. The fourth-order valence-electron chi connectivity index (χ4n) is 3.24. The van der Waals surface area contributed by atoms with Crippen LogP contribution in [0.3, 0.4) is 0 Å². The first-order valence-corrected chi connectivity index (χ1v) is 10.3. The van der Waals surface area contributed by atoms with Crippen LogP contribution in [-0.4, -0.2) is 30.3 Å². The minimum atomic E-state index is -0.112. The molecule has 0 bridgehead atoms. The number of anilines is 1. The van der Waals surface area contributed by atoms with Gasteiger partial charge < -0.3 is 14.8 Å². The topological polar surface area (TPSA) is 73.3 Å². The van der Waals surface area contributed by atoms with Crippen molar-refractivity contribution in [2.75, 3.05) is 19.5 Å². The summed E-state index contributed by atoms with van der Waals surface area (Å²) in [6.45, 7) is 0. The van der Waals surface area contributed by atoms with Gasteiger partial charge >= 0.3 is 0 Å². The Kier molecular flexibility index (Phi) is 5.90. The van der Waals surface area contributed by atoms with Crippen LogP contribution in [0.4, 0.5) is 5.13 Å². The highest BCUT2D eigenvalue weighted by Gasteiger charge is 2.11. The minimum Gasteiger partial charge on any atom is -0.493 e. The Morgan fingerprint density at radius 3 is 2.47 bits per heavy atom. The molecule has 0 saturated carbocycles. The number of methoxy groups -OCH3 is 2. The number of fused-ring (bicyclic) bond motifs is 1. The molecule has 0 atom stereocenters. The van der Waals surface area contributed by atoms with Gasteiger partial charge in [0, 0.05) is 6.42 Å². The normalized spacial score (nSPS) is 10.7. The first-order chi connectivity index (χ1) is 14.6. The molecule has 30 heavy (non-hydrogen) atoms. The lowest BCUT2D eigenvalue weighted by atomic mass is 10.1. The maximum absolute atomic E-state index is 12.4. The fraction of sp³-hybridized carbons (Fsp3) is 0.174. The van der Waals surface area contributed by atoms with Crippen LogP contribution in [0.15, 0.2) is 60.7 Å². The molecule has 1 aromatic heterocycles. The molecular weight excluding hydrogens is 398 g/mol. The molecule has 0 spiro atoms. The quantitative estimate of drug-likeness (QED) is 0.478. The van der Waals surface area contributed by atoms with E-state index in [1.165, 1.54) is 11.3 Å². The highest BCUT2D eigenvalue weighted by Crippen LogP contribution is 2.29. The molecule has 0 aliphatic heterocycles. The van der Waals surface area contributed by atoms with Crippen molar-refractivity contribution in [2.24, 2.45) is 0 Å². The third kappa shape index (κ3) is 4.58. The van der Waals surface area contributed by atoms with Crippen LogP contribution < -0.4 is 14.8 Å². The van der Waals surface area contributed by atoms with E-state index in [0.717, 1.165) is 26.9 Å². The van der Waals surface area contributed by atoms with E-state index in [1.807, 2.05) is 54.6 Å². The number of nitrogens with one attached hydrogen (secondary N) is 1. The number of hydrogen-bond acceptors (Lipinski definition) is 6. The maximum atomic E-state index is 12.4. The van der Waals surface area contributed by atoms with Crippen LogP contribution in [0.25, 0.3) is 10.8 Å². The molecule has 6 nitrogen and oxygen atoms in total. The number of hydrogen-bond donors (Lipinski definition) is 1. The Labute approximate surface area is 178 Å². The van der Waals surface area contributed by atoms with Crippen molar-refractivity contribution in [2.45, 2.75) is 12.8 Å². The summed E-state index contributed by atoms with van der Waals surface area (Å²) < 4.78 is 10.6. The number of carbonyl (C=O) groups is 1. The Morgan fingerprint density at radius 1 is 0.900 bits per heavy atom. The molecule has 4 rings (SSSR count). The zero-order chi connectivity index (χ0) is 20.9. The first kappa shape index (κ1) is 19.8. The summed E-state index contributed by atoms with van der Waals surface area (Å²) in [5.41, 5.74) is 1.99. The van der Waals surface area contributed by atoms with Gasteiger partial charge in [-0.25, -0.2) is 0 Å². The molecule has 1 amide bonds. The van der Waals surface area contributed by atoms with Gasteiger partial charge in [0.2, 0.25) is 11.0 Å². The summed E-state index contributed by atoms with van der Waals surface area (Å²) in [7, 11) is 3.21. The number of carbonyl (C=O) groups excluding carboxylic acids is 1. The standard InChI is InChI=1S/C23H21N3O3S/c1-28-19-10-8-16(12-20(19)29-2)14-22-25-26-23(30-22)24-21(27)13-15-7-9-17-5-3-4-6-18(17)11-15/h3-12H,13-14H2,1-2H3,(H,24,26,27). The van der Waals surface area contributed by atoms with Crippen molar-refractivity contribution in [1.29, 1.82) is 0 Å². The number of nitrogens with zero attached hydrogens (tertiary/aromatic N) is 2. The van der Waals surface area contributed by atoms with E-state index < -0.39 is 0 Å². The Balaban J connectivity index is 1.39. The van der Waals surface area contributed by atoms with Gasteiger partial charge in [-0.15, -0.1) is 10.2 Å². The SMILES string of the molecule is COc1ccc(Cc2nnc(NC(=O)Cc3ccc4ccccc4c3)s2)cc1OC. The molecule has 3 aromatic carbocycles. The van der Waals surface area contributed by atoms with Gasteiger partial charge in [0.15, 0.2) is 11.5 Å². The highest BCUT2D eigenvalue weighted by molar-refractivity contribution is 7.15. The fourth-order valence-corrected chi connectivity index (χ4v) is 4.03. The lowest BCUT2D eigenvalue weighted by Gasteiger charge is -2.08. The average Bonchev–Trinajstić information content (AvgIpc) is 3.19. The van der Waals surface area contributed by atoms with E-state index in [-0.39, 0.29) is 12.3 Å². The van der Waals surface area contributed by atoms with Crippen molar-refractivity contribution >= 4 is 33.1 Å². The van der Waals surface area contributed by atoms with Crippen LogP contribution in [-0.2, 0) is 17.6 Å². The van der Waals surface area contributed by atoms with Gasteiger partial charge in [-0.05, 0) is 34.0 Å². The van der Waals surface area contributed by atoms with Gasteiger partial charge in [-0.1, -0.05) is 59.9 Å². The third-order valence-corrected chi connectivity index (χ3v) is 5.53. The predicted molar refractivity (Wildman–Crippen MR) is 119 cm³/mol. The van der Waals surface area contributed by atoms with E-state index in [1.54, 1.807) is 14.2 Å². The number of amides is 1. The largest absolute Gasteiger partial charge is 0.493 e. The molecule has 0 aliphatic rings. The maximum Gasteiger partial charge on any atom is 0.230 e. The molecule has 0 aliphatic carbocycles. The molecule has 0 radical (unpaired) electrons. The second-order valence-electron chi connectivity index (χ2n) is 6.77. The summed E-state index contributed by atoms with van der Waals surface area (Å²) in [6, 6.07) is 19.9. The summed E-state index contributed by atoms with van der Waals surface area (Å²) >= 11 is 1.37. The van der Waals surface area contributed by atoms with E-state index in [0.29, 0.717) is 23.1 Å². The monoisotopic (exact) mass is 419 g/mol. The molecule has 0 saturated heterocycles.